The third-order valence-electron chi connectivity index (χ3n) is 1.84. The van der Waals surface area contributed by atoms with Crippen molar-refractivity contribution in [3.63, 3.8) is 0 Å². The van der Waals surface area contributed by atoms with Crippen LogP contribution in [0.15, 0.2) is 5.11 Å². The van der Waals surface area contributed by atoms with E-state index in [2.05, 4.69) is 5.11 Å². The van der Waals surface area contributed by atoms with E-state index in [0.717, 1.165) is 25.7 Å². The molecule has 1 rings (SSSR count). The molecule has 0 spiro atoms. The zero-order chi connectivity index (χ0) is 7.40. The van der Waals surface area contributed by atoms with Crippen LogP contribution in [0.25, 0.3) is 0 Å². The topological polar surface area (TPSA) is 58.7 Å². The summed E-state index contributed by atoms with van der Waals surface area (Å²) >= 11 is 0. The first kappa shape index (κ1) is 11.8. The summed E-state index contributed by atoms with van der Waals surface area (Å²) < 4.78 is 0. The van der Waals surface area contributed by atoms with Gasteiger partial charge in [-0.05, 0) is 12.8 Å². The van der Waals surface area contributed by atoms with Crippen LogP contribution in [0.2, 0.25) is 0 Å². The molecule has 0 unspecified atom stereocenters. The van der Waals surface area contributed by atoms with E-state index in [1.165, 1.54) is 6.42 Å². The molecule has 11 heavy (non-hydrogen) atoms. The van der Waals surface area contributed by atoms with Crippen LogP contribution >= 0.6 is 0 Å². The fraction of sp³-hybridized carbons (Fsp3) is 1.00. The van der Waals surface area contributed by atoms with Crippen molar-refractivity contribution in [2.24, 2.45) is 5.11 Å². The van der Waals surface area contributed by atoms with Crippen LogP contribution in [0.1, 0.15) is 32.1 Å². The summed E-state index contributed by atoms with van der Waals surface area (Å²) in [4.78, 5) is 0. The van der Waals surface area contributed by atoms with Gasteiger partial charge in [0.15, 0.2) is 5.02 Å². The van der Waals surface area contributed by atoms with Crippen molar-refractivity contribution in [3.05, 3.63) is 5.21 Å². The molecule has 0 aromatic carbocycles. The van der Waals surface area contributed by atoms with Crippen molar-refractivity contribution in [3.8, 4) is 0 Å². The molecular weight excluding hydrogens is 171 g/mol. The van der Waals surface area contributed by atoms with Gasteiger partial charge in [-0.1, -0.05) is 19.3 Å². The summed E-state index contributed by atoms with van der Waals surface area (Å²) in [7, 11) is 0. The van der Waals surface area contributed by atoms with Crippen molar-refractivity contribution in [1.82, 2.24) is 0 Å². The molecule has 0 aromatic heterocycles. The number of hydrogen-bond donors (Lipinski definition) is 1. The van der Waals surface area contributed by atoms with E-state index in [4.69, 9.17) is 5.21 Å². The molecule has 1 aliphatic carbocycles. The van der Waals surface area contributed by atoms with Gasteiger partial charge >= 0.3 is 0 Å². The van der Waals surface area contributed by atoms with Crippen LogP contribution < -0.4 is 0 Å². The largest absolute Gasteiger partial charge is 0.395 e. The first-order valence-corrected chi connectivity index (χ1v) is 3.66. The molecule has 4 nitrogen and oxygen atoms in total. The van der Waals surface area contributed by atoms with Gasteiger partial charge in [0.1, 0.15) is 6.04 Å². The van der Waals surface area contributed by atoms with E-state index in [9.17, 15) is 5.21 Å². The minimum Gasteiger partial charge on any atom is -0.395 e. The SMILES string of the molecule is [K].[O-][N+](O)=NC1CCCCC1. The molecule has 0 heterocycles. The van der Waals surface area contributed by atoms with Crippen molar-refractivity contribution in [2.75, 3.05) is 0 Å². The molecule has 1 radical (unpaired) electrons. The summed E-state index contributed by atoms with van der Waals surface area (Å²) in [5, 5.41) is 21.4. The fourth-order valence-electron chi connectivity index (χ4n) is 1.34. The van der Waals surface area contributed by atoms with Crippen molar-refractivity contribution in [2.45, 2.75) is 38.1 Å². The molecule has 0 amide bonds. The zero-order valence-electron chi connectivity index (χ0n) is 6.86. The molecule has 0 atom stereocenters. The van der Waals surface area contributed by atoms with Gasteiger partial charge < -0.3 is 5.21 Å². The number of hydrogen-bond acceptors (Lipinski definition) is 2. The monoisotopic (exact) mass is 183 g/mol. The Morgan fingerprint density at radius 3 is 2.27 bits per heavy atom. The van der Waals surface area contributed by atoms with E-state index in [1.54, 1.807) is 0 Å². The van der Waals surface area contributed by atoms with Crippen LogP contribution in [0.4, 0.5) is 0 Å². The Labute approximate surface area is 109 Å². The summed E-state index contributed by atoms with van der Waals surface area (Å²) in [6.45, 7) is 0. The van der Waals surface area contributed by atoms with Crippen LogP contribution in [-0.4, -0.2) is 67.7 Å². The predicted molar refractivity (Wildman–Crippen MR) is 40.5 cm³/mol. The van der Waals surface area contributed by atoms with Gasteiger partial charge in [0, 0.05) is 56.5 Å². The summed E-state index contributed by atoms with van der Waals surface area (Å²) in [5.41, 5.74) is 0. The van der Waals surface area contributed by atoms with Gasteiger partial charge in [0.25, 0.3) is 0 Å². The van der Waals surface area contributed by atoms with E-state index < -0.39 is 0 Å². The average Bonchev–Trinajstić information content (AvgIpc) is 1.88. The average molecular weight is 183 g/mol. The van der Waals surface area contributed by atoms with Crippen molar-refractivity contribution >= 4 is 51.4 Å². The Kier molecular flexibility index (Phi) is 6.85. The fourth-order valence-corrected chi connectivity index (χ4v) is 1.34. The standard InChI is InChI=1S/C6H12N2O2.K/c9-8(10)7-6-4-2-1-3-5-6;/h6H,1-5H2,(H,7,9,10);. The molecule has 5 heteroatoms. The van der Waals surface area contributed by atoms with E-state index >= 15 is 0 Å². The van der Waals surface area contributed by atoms with Gasteiger partial charge in [0.05, 0.1) is 0 Å². The van der Waals surface area contributed by atoms with Crippen LogP contribution in [0, 0.1) is 5.21 Å². The summed E-state index contributed by atoms with van der Waals surface area (Å²) in [6.07, 6.45) is 5.37. The van der Waals surface area contributed by atoms with Gasteiger partial charge in [0.2, 0.25) is 0 Å². The Bertz CT molecular complexity index is 131. The maximum atomic E-state index is 10.0. The predicted octanol–water partition coefficient (Wildman–Crippen LogP) is 1.29. The second kappa shape index (κ2) is 6.36. The number of nitrogens with zero attached hydrogens (tertiary/aromatic N) is 2. The quantitative estimate of drug-likeness (QED) is 0.378. The molecule has 0 saturated heterocycles. The minimum atomic E-state index is -0.310. The third-order valence-corrected chi connectivity index (χ3v) is 1.84. The molecule has 1 saturated carbocycles. The Morgan fingerprint density at radius 2 is 1.82 bits per heavy atom. The first-order valence-electron chi connectivity index (χ1n) is 3.66. The van der Waals surface area contributed by atoms with Crippen molar-refractivity contribution < 1.29 is 10.2 Å². The smallest absolute Gasteiger partial charge is 0.166 e. The minimum absolute atomic E-state index is 0. The van der Waals surface area contributed by atoms with Gasteiger partial charge in [-0.15, -0.1) is 0 Å². The maximum Gasteiger partial charge on any atom is 0.166 e. The molecule has 0 aliphatic heterocycles. The zero-order valence-corrected chi connectivity index (χ0v) is 9.99. The molecule has 1 fully saturated rings. The normalized spacial score (nSPS) is 20.9. The Morgan fingerprint density at radius 1 is 1.27 bits per heavy atom. The van der Waals surface area contributed by atoms with Crippen molar-refractivity contribution in [1.29, 1.82) is 0 Å². The first-order chi connectivity index (χ1) is 4.79. The molecule has 1 N–H and O–H groups in total. The van der Waals surface area contributed by atoms with Crippen LogP contribution in [0.3, 0.4) is 0 Å². The van der Waals surface area contributed by atoms with Crippen LogP contribution in [-0.2, 0) is 0 Å². The molecular formula is C6H12KN2O2. The van der Waals surface area contributed by atoms with Crippen LogP contribution in [0.5, 0.6) is 0 Å². The molecule has 0 bridgehead atoms. The molecule has 59 valence electrons. The molecule has 1 aliphatic rings. The van der Waals surface area contributed by atoms with Gasteiger partial charge in [-0.3, -0.25) is 0 Å². The second-order valence-corrected chi connectivity index (χ2v) is 2.66. The van der Waals surface area contributed by atoms with Gasteiger partial charge in [-0.25, -0.2) is 5.21 Å². The molecule has 0 aromatic rings. The third kappa shape index (κ3) is 5.14. The summed E-state index contributed by atoms with van der Waals surface area (Å²) in [5.74, 6) is 0. The van der Waals surface area contributed by atoms with E-state index in [-0.39, 0.29) is 62.5 Å². The van der Waals surface area contributed by atoms with Gasteiger partial charge in [-0.2, -0.15) is 0 Å². The Hall–Kier alpha value is 0.836. The van der Waals surface area contributed by atoms with E-state index in [1.807, 2.05) is 0 Å². The summed E-state index contributed by atoms with van der Waals surface area (Å²) in [6, 6.07) is 0.0660. The van der Waals surface area contributed by atoms with E-state index in [0.29, 0.717) is 0 Å². The number of rotatable bonds is 1. The second-order valence-electron chi connectivity index (χ2n) is 2.66. The Balaban J connectivity index is 0.000001000. The maximum absolute atomic E-state index is 10.0.